The summed E-state index contributed by atoms with van der Waals surface area (Å²) in [7, 11) is 0. The summed E-state index contributed by atoms with van der Waals surface area (Å²) in [6.07, 6.45) is 1.94. The largest absolute Gasteiger partial charge is 0.490 e. The second kappa shape index (κ2) is 7.14. The van der Waals surface area contributed by atoms with E-state index in [1.165, 1.54) is 0 Å². The molecule has 0 aliphatic carbocycles. The molecule has 1 aromatic carbocycles. The normalized spacial score (nSPS) is 18.7. The number of nitrogens with zero attached hydrogens (tertiary/aromatic N) is 1. The summed E-state index contributed by atoms with van der Waals surface area (Å²) in [6.45, 7) is 3.89. The van der Waals surface area contributed by atoms with E-state index in [1.807, 2.05) is 25.1 Å². The van der Waals surface area contributed by atoms with Crippen LogP contribution in [0.3, 0.4) is 0 Å². The van der Waals surface area contributed by atoms with Crippen LogP contribution >= 0.6 is 0 Å². The fraction of sp³-hybridized carbons (Fsp3) is 0.533. The molecular weight excluding hydrogens is 256 g/mol. The summed E-state index contributed by atoms with van der Waals surface area (Å²) in [5, 5.41) is 0. The molecule has 1 saturated heterocycles. The van der Waals surface area contributed by atoms with Gasteiger partial charge in [-0.25, -0.2) is 0 Å². The number of hydrogen-bond donors (Lipinski definition) is 1. The molecule has 0 aromatic heterocycles. The number of benzene rings is 1. The number of piperidine rings is 1. The quantitative estimate of drug-likeness (QED) is 0.884. The molecule has 0 radical (unpaired) electrons. The van der Waals surface area contributed by atoms with Crippen molar-refractivity contribution in [3.05, 3.63) is 24.3 Å². The highest BCUT2D eigenvalue weighted by molar-refractivity contribution is 5.78. The summed E-state index contributed by atoms with van der Waals surface area (Å²) in [4.78, 5) is 13.9. The summed E-state index contributed by atoms with van der Waals surface area (Å²) < 4.78 is 11.0. The van der Waals surface area contributed by atoms with Gasteiger partial charge in [0.1, 0.15) is 0 Å². The first-order valence-electron chi connectivity index (χ1n) is 7.08. The minimum absolute atomic E-state index is 0.0218. The van der Waals surface area contributed by atoms with E-state index in [9.17, 15) is 4.79 Å². The van der Waals surface area contributed by atoms with Crippen molar-refractivity contribution in [2.75, 3.05) is 26.3 Å². The average Bonchev–Trinajstić information content (AvgIpc) is 2.46. The van der Waals surface area contributed by atoms with Gasteiger partial charge in [0.25, 0.3) is 5.91 Å². The van der Waals surface area contributed by atoms with E-state index in [4.69, 9.17) is 15.2 Å². The van der Waals surface area contributed by atoms with Crippen LogP contribution in [0.1, 0.15) is 19.8 Å². The Bertz CT molecular complexity index is 450. The monoisotopic (exact) mass is 278 g/mol. The minimum atomic E-state index is -0.0218. The van der Waals surface area contributed by atoms with Crippen molar-refractivity contribution in [1.29, 1.82) is 0 Å². The number of rotatable bonds is 5. The summed E-state index contributed by atoms with van der Waals surface area (Å²) >= 11 is 0. The van der Waals surface area contributed by atoms with E-state index in [0.29, 0.717) is 24.7 Å². The molecule has 0 bridgehead atoms. The SMILES string of the molecule is CCOc1ccccc1OCC(=O)N1CCCC(N)C1. The zero-order valence-corrected chi connectivity index (χ0v) is 11.9. The Balaban J connectivity index is 1.89. The lowest BCUT2D eigenvalue weighted by atomic mass is 10.1. The van der Waals surface area contributed by atoms with Gasteiger partial charge in [0.05, 0.1) is 6.61 Å². The molecule has 1 heterocycles. The molecule has 110 valence electrons. The number of nitrogens with two attached hydrogens (primary N) is 1. The van der Waals surface area contributed by atoms with Crippen molar-refractivity contribution in [3.8, 4) is 11.5 Å². The van der Waals surface area contributed by atoms with Crippen LogP contribution in [0.15, 0.2) is 24.3 Å². The van der Waals surface area contributed by atoms with Gasteiger partial charge in [-0.15, -0.1) is 0 Å². The number of likely N-dealkylation sites (tertiary alicyclic amines) is 1. The highest BCUT2D eigenvalue weighted by Gasteiger charge is 2.21. The molecular formula is C15H22N2O3. The van der Waals surface area contributed by atoms with Crippen molar-refractivity contribution in [3.63, 3.8) is 0 Å². The van der Waals surface area contributed by atoms with Crippen LogP contribution in [-0.2, 0) is 4.79 Å². The third kappa shape index (κ3) is 3.87. The molecule has 20 heavy (non-hydrogen) atoms. The molecule has 2 N–H and O–H groups in total. The lowest BCUT2D eigenvalue weighted by Crippen LogP contribution is -2.47. The first kappa shape index (κ1) is 14.7. The van der Waals surface area contributed by atoms with Crippen molar-refractivity contribution in [1.82, 2.24) is 4.90 Å². The molecule has 1 aromatic rings. The van der Waals surface area contributed by atoms with Crippen LogP contribution in [0.2, 0.25) is 0 Å². The molecule has 1 atom stereocenters. The van der Waals surface area contributed by atoms with Crippen molar-refractivity contribution in [2.24, 2.45) is 5.73 Å². The van der Waals surface area contributed by atoms with Crippen molar-refractivity contribution < 1.29 is 14.3 Å². The average molecular weight is 278 g/mol. The summed E-state index contributed by atoms with van der Waals surface area (Å²) in [5.41, 5.74) is 5.88. The smallest absolute Gasteiger partial charge is 0.260 e. The lowest BCUT2D eigenvalue weighted by Gasteiger charge is -2.30. The third-order valence-corrected chi connectivity index (χ3v) is 3.31. The molecule has 2 rings (SSSR count). The fourth-order valence-corrected chi connectivity index (χ4v) is 2.31. The Hall–Kier alpha value is -1.75. The van der Waals surface area contributed by atoms with Gasteiger partial charge >= 0.3 is 0 Å². The highest BCUT2D eigenvalue weighted by atomic mass is 16.5. The number of para-hydroxylation sites is 2. The third-order valence-electron chi connectivity index (χ3n) is 3.31. The highest BCUT2D eigenvalue weighted by Crippen LogP contribution is 2.26. The zero-order chi connectivity index (χ0) is 14.4. The molecule has 1 fully saturated rings. The first-order valence-corrected chi connectivity index (χ1v) is 7.08. The topological polar surface area (TPSA) is 64.8 Å². The van der Waals surface area contributed by atoms with E-state index in [0.717, 1.165) is 19.4 Å². The molecule has 5 nitrogen and oxygen atoms in total. The van der Waals surface area contributed by atoms with Gasteiger partial charge < -0.3 is 20.1 Å². The van der Waals surface area contributed by atoms with Gasteiger partial charge in [-0.1, -0.05) is 12.1 Å². The minimum Gasteiger partial charge on any atom is -0.490 e. The van der Waals surface area contributed by atoms with E-state index < -0.39 is 0 Å². The Kier molecular flexibility index (Phi) is 5.24. The van der Waals surface area contributed by atoms with Crippen LogP contribution in [0.4, 0.5) is 0 Å². The second-order valence-corrected chi connectivity index (χ2v) is 4.91. The first-order chi connectivity index (χ1) is 9.70. The summed E-state index contributed by atoms with van der Waals surface area (Å²) in [6, 6.07) is 7.46. The molecule has 1 amide bonds. The van der Waals surface area contributed by atoms with Crippen LogP contribution in [0, 0.1) is 0 Å². The van der Waals surface area contributed by atoms with Gasteiger partial charge in [0.2, 0.25) is 0 Å². The van der Waals surface area contributed by atoms with Crippen LogP contribution < -0.4 is 15.2 Å². The zero-order valence-electron chi connectivity index (χ0n) is 11.9. The Morgan fingerprint density at radius 3 is 2.70 bits per heavy atom. The molecule has 1 unspecified atom stereocenters. The standard InChI is InChI=1S/C15H22N2O3/c1-2-19-13-7-3-4-8-14(13)20-11-15(18)17-9-5-6-12(16)10-17/h3-4,7-8,12H,2,5-6,9-11,16H2,1H3. The Morgan fingerprint density at radius 2 is 2.05 bits per heavy atom. The molecule has 0 saturated carbocycles. The number of hydrogen-bond acceptors (Lipinski definition) is 4. The van der Waals surface area contributed by atoms with E-state index in [2.05, 4.69) is 0 Å². The van der Waals surface area contributed by atoms with E-state index >= 15 is 0 Å². The fourth-order valence-electron chi connectivity index (χ4n) is 2.31. The maximum atomic E-state index is 12.1. The molecule has 1 aliphatic heterocycles. The van der Waals surface area contributed by atoms with Gasteiger partial charge in [-0.2, -0.15) is 0 Å². The van der Waals surface area contributed by atoms with Gasteiger partial charge in [0, 0.05) is 19.1 Å². The van der Waals surface area contributed by atoms with E-state index in [-0.39, 0.29) is 18.6 Å². The number of carbonyl (C=O) groups excluding carboxylic acids is 1. The molecule has 5 heteroatoms. The number of amides is 1. The van der Waals surface area contributed by atoms with Crippen molar-refractivity contribution >= 4 is 5.91 Å². The number of carbonyl (C=O) groups is 1. The Labute approximate surface area is 119 Å². The van der Waals surface area contributed by atoms with Gasteiger partial charge in [-0.05, 0) is 31.9 Å². The predicted octanol–water partition coefficient (Wildman–Crippen LogP) is 1.41. The lowest BCUT2D eigenvalue weighted by molar-refractivity contribution is -0.134. The van der Waals surface area contributed by atoms with Gasteiger partial charge in [-0.3, -0.25) is 4.79 Å². The Morgan fingerprint density at radius 1 is 1.35 bits per heavy atom. The van der Waals surface area contributed by atoms with Crippen molar-refractivity contribution in [2.45, 2.75) is 25.8 Å². The maximum Gasteiger partial charge on any atom is 0.260 e. The van der Waals surface area contributed by atoms with Gasteiger partial charge in [0.15, 0.2) is 18.1 Å². The van der Waals surface area contributed by atoms with Crippen LogP contribution in [-0.4, -0.2) is 43.2 Å². The van der Waals surface area contributed by atoms with Crippen LogP contribution in [0.5, 0.6) is 11.5 Å². The predicted molar refractivity (Wildman–Crippen MR) is 76.9 cm³/mol. The summed E-state index contributed by atoms with van der Waals surface area (Å²) in [5.74, 6) is 1.24. The molecule has 0 spiro atoms. The second-order valence-electron chi connectivity index (χ2n) is 4.91. The maximum absolute atomic E-state index is 12.1. The number of ether oxygens (including phenoxy) is 2. The molecule has 1 aliphatic rings. The van der Waals surface area contributed by atoms with E-state index in [1.54, 1.807) is 11.0 Å². The van der Waals surface area contributed by atoms with Crippen LogP contribution in [0.25, 0.3) is 0 Å².